The van der Waals surface area contributed by atoms with Gasteiger partial charge in [0.05, 0.1) is 13.2 Å². The van der Waals surface area contributed by atoms with E-state index in [1.807, 2.05) is 16.8 Å². The molecule has 0 aliphatic rings. The Morgan fingerprint density at radius 1 is 1.64 bits per heavy atom. The maximum absolute atomic E-state index is 11.4. The van der Waals surface area contributed by atoms with E-state index in [0.29, 0.717) is 19.6 Å². The highest BCUT2D eigenvalue weighted by Gasteiger charge is 2.02. The van der Waals surface area contributed by atoms with Gasteiger partial charge in [0.2, 0.25) is 0 Å². The quantitative estimate of drug-likeness (QED) is 0.689. The van der Waals surface area contributed by atoms with E-state index in [2.05, 4.69) is 5.32 Å². The summed E-state index contributed by atoms with van der Waals surface area (Å²) in [6.07, 6.45) is 0.531. The number of methoxy groups -OCH3 is 1. The number of nitrogens with one attached hydrogen (secondary N) is 1. The molecule has 0 aromatic carbocycles. The molecule has 0 radical (unpaired) electrons. The van der Waals surface area contributed by atoms with Gasteiger partial charge in [0.1, 0.15) is 0 Å². The molecule has 0 spiro atoms. The smallest absolute Gasteiger partial charge is 0.151 e. The van der Waals surface area contributed by atoms with E-state index in [0.717, 1.165) is 12.1 Å². The van der Waals surface area contributed by atoms with Gasteiger partial charge >= 0.3 is 0 Å². The fourth-order valence-corrected chi connectivity index (χ4v) is 1.75. The summed E-state index contributed by atoms with van der Waals surface area (Å²) in [6, 6.07) is 1.98. The van der Waals surface area contributed by atoms with E-state index < -0.39 is 0 Å². The van der Waals surface area contributed by atoms with Gasteiger partial charge in [-0.2, -0.15) is 11.3 Å². The van der Waals surface area contributed by atoms with Gasteiger partial charge in [-0.15, -0.1) is 0 Å². The van der Waals surface area contributed by atoms with Crippen LogP contribution in [-0.4, -0.2) is 32.6 Å². The van der Waals surface area contributed by atoms with E-state index in [-0.39, 0.29) is 5.78 Å². The van der Waals surface area contributed by atoms with Crippen LogP contribution in [0.2, 0.25) is 0 Å². The van der Waals surface area contributed by atoms with Crippen molar-refractivity contribution in [1.29, 1.82) is 0 Å². The van der Waals surface area contributed by atoms with Crippen LogP contribution in [0.4, 0.5) is 0 Å². The van der Waals surface area contributed by atoms with E-state index >= 15 is 0 Å². The summed E-state index contributed by atoms with van der Waals surface area (Å²) in [5, 5.41) is 7.02. The van der Waals surface area contributed by atoms with E-state index in [1.54, 1.807) is 18.4 Å². The van der Waals surface area contributed by atoms with Gasteiger partial charge in [0.15, 0.2) is 5.78 Å². The van der Waals surface area contributed by atoms with Crippen LogP contribution in [0.1, 0.15) is 5.56 Å². The first-order valence-corrected chi connectivity index (χ1v) is 5.49. The van der Waals surface area contributed by atoms with Crippen LogP contribution < -0.4 is 5.32 Å². The fourth-order valence-electron chi connectivity index (χ4n) is 1.09. The summed E-state index contributed by atoms with van der Waals surface area (Å²) in [5.41, 5.74) is 1.11. The third kappa shape index (κ3) is 4.50. The third-order valence-corrected chi connectivity index (χ3v) is 2.52. The van der Waals surface area contributed by atoms with Crippen LogP contribution in [0.3, 0.4) is 0 Å². The van der Waals surface area contributed by atoms with Crippen molar-refractivity contribution >= 4 is 17.1 Å². The molecule has 0 unspecified atom stereocenters. The Kier molecular flexibility index (Phi) is 5.44. The summed E-state index contributed by atoms with van der Waals surface area (Å²) in [6.45, 7) is 1.80. The molecule has 4 heteroatoms. The zero-order valence-electron chi connectivity index (χ0n) is 8.29. The van der Waals surface area contributed by atoms with Gasteiger partial charge < -0.3 is 10.1 Å². The molecule has 0 fully saturated rings. The minimum absolute atomic E-state index is 0.222. The number of thiophene rings is 1. The number of carbonyl (C=O) groups is 1. The molecule has 1 rings (SSSR count). The van der Waals surface area contributed by atoms with Gasteiger partial charge in [-0.1, -0.05) is 0 Å². The minimum atomic E-state index is 0.222. The molecule has 1 aromatic heterocycles. The molecule has 78 valence electrons. The zero-order valence-corrected chi connectivity index (χ0v) is 9.10. The van der Waals surface area contributed by atoms with Crippen molar-refractivity contribution in [2.24, 2.45) is 0 Å². The van der Waals surface area contributed by atoms with Crippen LogP contribution in [0, 0.1) is 0 Å². The first-order chi connectivity index (χ1) is 6.83. The van der Waals surface area contributed by atoms with Crippen molar-refractivity contribution < 1.29 is 9.53 Å². The first kappa shape index (κ1) is 11.4. The van der Waals surface area contributed by atoms with Crippen molar-refractivity contribution in [2.75, 3.05) is 26.8 Å². The van der Waals surface area contributed by atoms with Gasteiger partial charge in [0, 0.05) is 20.1 Å². The normalized spacial score (nSPS) is 10.4. The fraction of sp³-hybridized carbons (Fsp3) is 0.500. The van der Waals surface area contributed by atoms with Gasteiger partial charge in [-0.25, -0.2) is 0 Å². The molecular weight excluding hydrogens is 198 g/mol. The number of hydrogen-bond donors (Lipinski definition) is 1. The molecule has 1 heterocycles. The average molecular weight is 213 g/mol. The van der Waals surface area contributed by atoms with Crippen molar-refractivity contribution in [1.82, 2.24) is 5.32 Å². The lowest BCUT2D eigenvalue weighted by Gasteiger charge is -2.02. The van der Waals surface area contributed by atoms with Crippen LogP contribution in [0.15, 0.2) is 16.8 Å². The maximum atomic E-state index is 11.4. The van der Waals surface area contributed by atoms with Crippen LogP contribution in [0.5, 0.6) is 0 Å². The zero-order chi connectivity index (χ0) is 10.2. The average Bonchev–Trinajstić information content (AvgIpc) is 2.65. The van der Waals surface area contributed by atoms with E-state index in [1.165, 1.54) is 0 Å². The summed E-state index contributed by atoms with van der Waals surface area (Å²) >= 11 is 1.62. The molecule has 0 saturated carbocycles. The van der Waals surface area contributed by atoms with E-state index in [4.69, 9.17) is 4.74 Å². The topological polar surface area (TPSA) is 38.3 Å². The molecule has 14 heavy (non-hydrogen) atoms. The molecule has 0 bridgehead atoms. The molecule has 0 amide bonds. The predicted octanol–water partition coefficient (Wildman–Crippen LogP) is 1.10. The van der Waals surface area contributed by atoms with Crippen molar-refractivity contribution in [3.8, 4) is 0 Å². The molecule has 3 nitrogen and oxygen atoms in total. The minimum Gasteiger partial charge on any atom is -0.383 e. The summed E-state index contributed by atoms with van der Waals surface area (Å²) < 4.78 is 4.86. The Morgan fingerprint density at radius 3 is 3.14 bits per heavy atom. The van der Waals surface area contributed by atoms with Crippen LogP contribution >= 0.6 is 11.3 Å². The van der Waals surface area contributed by atoms with Crippen molar-refractivity contribution in [3.05, 3.63) is 22.4 Å². The predicted molar refractivity (Wildman–Crippen MR) is 57.8 cm³/mol. The lowest BCUT2D eigenvalue weighted by atomic mass is 10.2. The van der Waals surface area contributed by atoms with Crippen molar-refractivity contribution in [2.45, 2.75) is 6.42 Å². The number of ether oxygens (including phenoxy) is 1. The standard InChI is InChI=1S/C10H15NO2S/c1-13-4-3-11-7-10(12)6-9-2-5-14-8-9/h2,5,8,11H,3-4,6-7H2,1H3. The molecule has 0 atom stereocenters. The third-order valence-electron chi connectivity index (χ3n) is 1.79. The first-order valence-electron chi connectivity index (χ1n) is 4.55. The maximum Gasteiger partial charge on any atom is 0.151 e. The largest absolute Gasteiger partial charge is 0.383 e. The highest BCUT2D eigenvalue weighted by atomic mass is 32.1. The second kappa shape index (κ2) is 6.70. The second-order valence-corrected chi connectivity index (χ2v) is 3.80. The Bertz CT molecular complexity index is 259. The number of carbonyl (C=O) groups excluding carboxylic acids is 1. The molecule has 1 N–H and O–H groups in total. The molecular formula is C10H15NO2S. The van der Waals surface area contributed by atoms with E-state index in [9.17, 15) is 4.79 Å². The van der Waals surface area contributed by atoms with Crippen LogP contribution in [0.25, 0.3) is 0 Å². The number of hydrogen-bond acceptors (Lipinski definition) is 4. The molecule has 1 aromatic rings. The Hall–Kier alpha value is -0.710. The monoisotopic (exact) mass is 213 g/mol. The van der Waals surface area contributed by atoms with Crippen LogP contribution in [-0.2, 0) is 16.0 Å². The molecule has 0 aliphatic carbocycles. The lowest BCUT2D eigenvalue weighted by molar-refractivity contribution is -0.117. The Balaban J connectivity index is 2.11. The number of ketones is 1. The Labute approximate surface area is 88.1 Å². The molecule has 0 saturated heterocycles. The van der Waals surface area contributed by atoms with Gasteiger partial charge in [-0.3, -0.25) is 4.79 Å². The summed E-state index contributed by atoms with van der Waals surface area (Å²) in [7, 11) is 1.65. The number of rotatable bonds is 7. The molecule has 0 aliphatic heterocycles. The highest BCUT2D eigenvalue weighted by molar-refractivity contribution is 7.07. The Morgan fingerprint density at radius 2 is 2.50 bits per heavy atom. The number of Topliss-reactive ketones (excluding diaryl/α,β-unsaturated/α-hetero) is 1. The highest BCUT2D eigenvalue weighted by Crippen LogP contribution is 2.06. The lowest BCUT2D eigenvalue weighted by Crippen LogP contribution is -2.27. The summed E-state index contributed by atoms with van der Waals surface area (Å²) in [5.74, 6) is 0.222. The van der Waals surface area contributed by atoms with Crippen molar-refractivity contribution in [3.63, 3.8) is 0 Å². The second-order valence-electron chi connectivity index (χ2n) is 3.02. The van der Waals surface area contributed by atoms with Gasteiger partial charge in [-0.05, 0) is 22.4 Å². The SMILES string of the molecule is COCCNCC(=O)Cc1ccsc1. The summed E-state index contributed by atoms with van der Waals surface area (Å²) in [4.78, 5) is 11.4. The van der Waals surface area contributed by atoms with Gasteiger partial charge in [0.25, 0.3) is 0 Å².